The van der Waals surface area contributed by atoms with Gasteiger partial charge in [-0.15, -0.1) is 11.3 Å². The van der Waals surface area contributed by atoms with Gasteiger partial charge in [0, 0.05) is 37.8 Å². The summed E-state index contributed by atoms with van der Waals surface area (Å²) in [6.07, 6.45) is 7.41. The minimum absolute atomic E-state index is 0.103. The summed E-state index contributed by atoms with van der Waals surface area (Å²) in [4.78, 5) is 32.5. The van der Waals surface area contributed by atoms with E-state index in [2.05, 4.69) is 9.88 Å². The van der Waals surface area contributed by atoms with Crippen molar-refractivity contribution in [2.24, 2.45) is 0 Å². The lowest BCUT2D eigenvalue weighted by molar-refractivity contribution is 0.0738. The van der Waals surface area contributed by atoms with E-state index in [-0.39, 0.29) is 5.91 Å². The lowest BCUT2D eigenvalue weighted by Crippen LogP contribution is -2.38. The molecule has 0 atom stereocenters. The Morgan fingerprint density at radius 1 is 0.967 bits per heavy atom. The van der Waals surface area contributed by atoms with Gasteiger partial charge in [-0.1, -0.05) is 25.0 Å². The second-order valence-electron chi connectivity index (χ2n) is 7.87. The monoisotopic (exact) mass is 419 g/mol. The molecule has 2 aliphatic rings. The predicted molar refractivity (Wildman–Crippen MR) is 119 cm³/mol. The molecule has 154 valence electrons. The van der Waals surface area contributed by atoms with Crippen LogP contribution in [0.4, 0.5) is 5.82 Å². The maximum Gasteiger partial charge on any atom is 0.264 e. The Morgan fingerprint density at radius 3 is 2.57 bits per heavy atom. The fraction of sp³-hybridized carbons (Fsp3) is 0.391. The third-order valence-electron chi connectivity index (χ3n) is 5.86. The Kier molecular flexibility index (Phi) is 5.45. The molecule has 0 radical (unpaired) electrons. The fourth-order valence-electron chi connectivity index (χ4n) is 4.28. The Balaban J connectivity index is 1.54. The molecule has 0 spiro atoms. The van der Waals surface area contributed by atoms with Gasteiger partial charge in [0.1, 0.15) is 11.5 Å². The quantitative estimate of drug-likeness (QED) is 0.637. The summed E-state index contributed by atoms with van der Waals surface area (Å²) in [5.41, 5.74) is 2.96. The van der Waals surface area contributed by atoms with Gasteiger partial charge in [0.2, 0.25) is 0 Å². The molecular weight excluding hydrogens is 394 g/mol. The molecule has 0 bridgehead atoms. The first-order valence-corrected chi connectivity index (χ1v) is 11.6. The lowest BCUT2D eigenvalue weighted by Gasteiger charge is -2.32. The summed E-state index contributed by atoms with van der Waals surface area (Å²) in [6.45, 7) is 3.26. The van der Waals surface area contributed by atoms with Crippen molar-refractivity contribution in [1.29, 1.82) is 0 Å². The van der Waals surface area contributed by atoms with E-state index in [1.165, 1.54) is 37.0 Å². The largest absolute Gasteiger partial charge is 0.356 e. The molecule has 0 unspecified atom stereocenters. The van der Waals surface area contributed by atoms with Crippen molar-refractivity contribution in [1.82, 2.24) is 19.9 Å². The molecule has 7 heteroatoms. The van der Waals surface area contributed by atoms with Crippen LogP contribution in [-0.2, 0) is 13.0 Å². The van der Waals surface area contributed by atoms with Crippen molar-refractivity contribution < 1.29 is 4.79 Å². The molecule has 30 heavy (non-hydrogen) atoms. The molecule has 5 heterocycles. The van der Waals surface area contributed by atoms with Crippen LogP contribution in [0, 0.1) is 0 Å². The first kappa shape index (κ1) is 19.2. The molecule has 0 aromatic carbocycles. The van der Waals surface area contributed by atoms with Crippen LogP contribution in [-0.4, -0.2) is 45.4 Å². The second-order valence-corrected chi connectivity index (χ2v) is 8.81. The van der Waals surface area contributed by atoms with Crippen molar-refractivity contribution in [3.8, 4) is 11.5 Å². The molecule has 0 aliphatic carbocycles. The number of carbonyl (C=O) groups excluding carboxylic acids is 1. The van der Waals surface area contributed by atoms with Crippen LogP contribution in [0.15, 0.2) is 41.9 Å². The smallest absolute Gasteiger partial charge is 0.264 e. The first-order valence-electron chi connectivity index (χ1n) is 10.7. The Hall–Kier alpha value is -2.80. The van der Waals surface area contributed by atoms with Gasteiger partial charge < -0.3 is 9.80 Å². The van der Waals surface area contributed by atoms with E-state index in [0.717, 1.165) is 47.2 Å². The molecule has 1 saturated heterocycles. The van der Waals surface area contributed by atoms with Gasteiger partial charge in [-0.25, -0.2) is 9.97 Å². The van der Waals surface area contributed by atoms with Gasteiger partial charge >= 0.3 is 0 Å². The average Bonchev–Trinajstić information content (AvgIpc) is 3.21. The molecule has 3 aromatic rings. The molecule has 1 amide bonds. The standard InChI is InChI=1S/C23H25N5OS/c29-23(20-9-7-15-30-20)28-14-10-18-17(16-28)22(27-12-5-1-2-6-13-27)26-21(25-18)19-8-3-4-11-24-19/h3-4,7-9,11,15H,1-2,5-6,10,12-14,16H2. The zero-order valence-electron chi connectivity index (χ0n) is 17.0. The van der Waals surface area contributed by atoms with Crippen molar-refractivity contribution in [2.75, 3.05) is 24.5 Å². The highest BCUT2D eigenvalue weighted by molar-refractivity contribution is 7.12. The summed E-state index contributed by atoms with van der Waals surface area (Å²) in [7, 11) is 0. The minimum Gasteiger partial charge on any atom is -0.356 e. The Labute approximate surface area is 180 Å². The SMILES string of the molecule is O=C(c1cccs1)N1CCc2nc(-c3ccccn3)nc(N3CCCCCC3)c2C1. The molecule has 6 nitrogen and oxygen atoms in total. The highest BCUT2D eigenvalue weighted by Gasteiger charge is 2.29. The summed E-state index contributed by atoms with van der Waals surface area (Å²) >= 11 is 1.50. The number of nitrogens with zero attached hydrogens (tertiary/aromatic N) is 5. The minimum atomic E-state index is 0.103. The topological polar surface area (TPSA) is 62.2 Å². The van der Waals surface area contributed by atoms with Crippen LogP contribution in [0.25, 0.3) is 11.5 Å². The number of carbonyl (C=O) groups is 1. The zero-order valence-corrected chi connectivity index (χ0v) is 17.8. The number of aromatic nitrogens is 3. The second kappa shape index (κ2) is 8.52. The number of amides is 1. The van der Waals surface area contributed by atoms with Gasteiger partial charge in [-0.05, 0) is 36.4 Å². The van der Waals surface area contributed by atoms with Crippen LogP contribution in [0.1, 0.15) is 46.6 Å². The Bertz CT molecular complexity index is 1010. The number of pyridine rings is 1. The van der Waals surface area contributed by atoms with Gasteiger partial charge in [0.25, 0.3) is 5.91 Å². The zero-order chi connectivity index (χ0) is 20.3. The van der Waals surface area contributed by atoms with E-state index in [1.54, 1.807) is 6.20 Å². The number of fused-ring (bicyclic) bond motifs is 1. The van der Waals surface area contributed by atoms with Crippen molar-refractivity contribution >= 4 is 23.1 Å². The van der Waals surface area contributed by atoms with Gasteiger partial charge in [-0.3, -0.25) is 9.78 Å². The summed E-state index contributed by atoms with van der Waals surface area (Å²) in [5.74, 6) is 1.78. The van der Waals surface area contributed by atoms with Crippen molar-refractivity contribution in [3.05, 3.63) is 58.0 Å². The van der Waals surface area contributed by atoms with E-state index in [9.17, 15) is 4.79 Å². The number of hydrogen-bond acceptors (Lipinski definition) is 6. The molecule has 2 aliphatic heterocycles. The van der Waals surface area contributed by atoms with E-state index in [1.807, 2.05) is 40.6 Å². The number of rotatable bonds is 3. The molecular formula is C23H25N5OS. The number of hydrogen-bond donors (Lipinski definition) is 0. The van der Waals surface area contributed by atoms with Crippen LogP contribution >= 0.6 is 11.3 Å². The molecule has 0 saturated carbocycles. The number of anilines is 1. The third kappa shape index (κ3) is 3.81. The van der Waals surface area contributed by atoms with Gasteiger partial charge in [-0.2, -0.15) is 0 Å². The highest BCUT2D eigenvalue weighted by atomic mass is 32.1. The van der Waals surface area contributed by atoms with E-state index in [0.29, 0.717) is 18.9 Å². The van der Waals surface area contributed by atoms with Crippen molar-refractivity contribution in [2.45, 2.75) is 38.6 Å². The van der Waals surface area contributed by atoms with Gasteiger partial charge in [0.15, 0.2) is 5.82 Å². The average molecular weight is 420 g/mol. The Morgan fingerprint density at radius 2 is 1.83 bits per heavy atom. The fourth-order valence-corrected chi connectivity index (χ4v) is 4.97. The molecule has 0 N–H and O–H groups in total. The molecule has 1 fully saturated rings. The van der Waals surface area contributed by atoms with Crippen LogP contribution < -0.4 is 4.90 Å². The van der Waals surface area contributed by atoms with Gasteiger partial charge in [0.05, 0.1) is 17.1 Å². The molecule has 5 rings (SSSR count). The highest BCUT2D eigenvalue weighted by Crippen LogP contribution is 2.31. The number of thiophene rings is 1. The third-order valence-corrected chi connectivity index (χ3v) is 6.72. The summed E-state index contributed by atoms with van der Waals surface area (Å²) in [6, 6.07) is 9.67. The van der Waals surface area contributed by atoms with Crippen LogP contribution in [0.5, 0.6) is 0 Å². The van der Waals surface area contributed by atoms with E-state index < -0.39 is 0 Å². The van der Waals surface area contributed by atoms with Crippen molar-refractivity contribution in [3.63, 3.8) is 0 Å². The normalized spacial score (nSPS) is 16.8. The lowest BCUT2D eigenvalue weighted by atomic mass is 10.0. The predicted octanol–water partition coefficient (Wildman–Crippen LogP) is 4.18. The van der Waals surface area contributed by atoms with E-state index in [4.69, 9.17) is 9.97 Å². The van der Waals surface area contributed by atoms with Crippen LogP contribution in [0.2, 0.25) is 0 Å². The first-order chi connectivity index (χ1) is 14.8. The maximum absolute atomic E-state index is 13.0. The molecule has 3 aromatic heterocycles. The summed E-state index contributed by atoms with van der Waals surface area (Å²) in [5, 5.41) is 1.95. The summed E-state index contributed by atoms with van der Waals surface area (Å²) < 4.78 is 0. The van der Waals surface area contributed by atoms with Crippen LogP contribution in [0.3, 0.4) is 0 Å². The van der Waals surface area contributed by atoms with E-state index >= 15 is 0 Å². The maximum atomic E-state index is 13.0.